The molecule has 0 spiro atoms. The summed E-state index contributed by atoms with van der Waals surface area (Å²) in [6.45, 7) is 6.43. The Kier molecular flexibility index (Phi) is 11.0. The molecule has 0 aliphatic rings. The van der Waals surface area contributed by atoms with Crippen molar-refractivity contribution in [2.75, 3.05) is 6.61 Å². The van der Waals surface area contributed by atoms with Crippen molar-refractivity contribution in [1.82, 2.24) is 0 Å². The number of ether oxygens (including phenoxy) is 2. The van der Waals surface area contributed by atoms with E-state index in [1.807, 2.05) is 20.8 Å². The first kappa shape index (κ1) is 22.5. The zero-order chi connectivity index (χ0) is 19.4. The average molecular weight is 383 g/mol. The lowest BCUT2D eigenvalue weighted by atomic mass is 10.1. The van der Waals surface area contributed by atoms with Crippen molar-refractivity contribution in [1.29, 1.82) is 0 Å². The van der Waals surface area contributed by atoms with Gasteiger partial charge in [0.1, 0.15) is 5.75 Å². The molecule has 0 atom stereocenters. The van der Waals surface area contributed by atoms with Crippen molar-refractivity contribution in [3.05, 3.63) is 28.8 Å². The quantitative estimate of drug-likeness (QED) is 0.257. The van der Waals surface area contributed by atoms with Gasteiger partial charge in [-0.05, 0) is 49.4 Å². The summed E-state index contributed by atoms with van der Waals surface area (Å²) < 4.78 is 10.5. The van der Waals surface area contributed by atoms with E-state index in [9.17, 15) is 9.59 Å². The predicted molar refractivity (Wildman–Crippen MR) is 105 cm³/mol. The maximum absolute atomic E-state index is 11.9. The fourth-order valence-corrected chi connectivity index (χ4v) is 2.71. The van der Waals surface area contributed by atoms with E-state index in [0.29, 0.717) is 36.1 Å². The zero-order valence-electron chi connectivity index (χ0n) is 16.2. The number of carbonyl (C=O) groups excluding carboxylic acids is 2. The maximum Gasteiger partial charge on any atom is 0.311 e. The van der Waals surface area contributed by atoms with Gasteiger partial charge >= 0.3 is 11.9 Å². The lowest BCUT2D eigenvalue weighted by Gasteiger charge is -2.08. The molecule has 0 unspecified atom stereocenters. The number of esters is 2. The number of hydrogen-bond acceptors (Lipinski definition) is 4. The van der Waals surface area contributed by atoms with E-state index in [4.69, 9.17) is 21.1 Å². The Morgan fingerprint density at radius 3 is 2.12 bits per heavy atom. The van der Waals surface area contributed by atoms with Crippen LogP contribution in [0.4, 0.5) is 0 Å². The van der Waals surface area contributed by atoms with Crippen LogP contribution >= 0.6 is 11.6 Å². The molecule has 0 bridgehead atoms. The molecule has 0 aliphatic heterocycles. The van der Waals surface area contributed by atoms with Gasteiger partial charge in [0.05, 0.1) is 6.61 Å². The fraction of sp³-hybridized carbons (Fsp3) is 0.619. The van der Waals surface area contributed by atoms with Crippen molar-refractivity contribution in [2.45, 2.75) is 72.1 Å². The smallest absolute Gasteiger partial charge is 0.311 e. The summed E-state index contributed by atoms with van der Waals surface area (Å²) in [5, 5.41) is 0.635. The van der Waals surface area contributed by atoms with Crippen LogP contribution in [-0.4, -0.2) is 18.5 Å². The van der Waals surface area contributed by atoms with Crippen molar-refractivity contribution in [3.8, 4) is 5.75 Å². The van der Waals surface area contributed by atoms with Crippen LogP contribution in [0.15, 0.2) is 18.2 Å². The normalized spacial score (nSPS) is 10.8. The van der Waals surface area contributed by atoms with Crippen LogP contribution < -0.4 is 4.74 Å². The average Bonchev–Trinajstić information content (AvgIpc) is 2.58. The number of unbranched alkanes of at least 4 members (excludes halogenated alkanes) is 5. The first-order chi connectivity index (χ1) is 12.4. The predicted octanol–water partition coefficient (Wildman–Crippen LogP) is 5.87. The fourth-order valence-electron chi connectivity index (χ4n) is 2.48. The molecular weight excluding hydrogens is 352 g/mol. The molecule has 0 fully saturated rings. The summed E-state index contributed by atoms with van der Waals surface area (Å²) >= 11 is 5.89. The molecule has 4 nitrogen and oxygen atoms in total. The minimum absolute atomic E-state index is 0.0982. The van der Waals surface area contributed by atoms with Crippen LogP contribution in [0.1, 0.15) is 70.8 Å². The second kappa shape index (κ2) is 12.7. The molecule has 5 heteroatoms. The Labute approximate surface area is 162 Å². The van der Waals surface area contributed by atoms with Gasteiger partial charge in [-0.3, -0.25) is 9.59 Å². The molecule has 1 rings (SSSR count). The van der Waals surface area contributed by atoms with Gasteiger partial charge in [0.2, 0.25) is 0 Å². The highest BCUT2D eigenvalue weighted by molar-refractivity contribution is 6.30. The van der Waals surface area contributed by atoms with Crippen LogP contribution in [-0.2, 0) is 14.3 Å². The summed E-state index contributed by atoms with van der Waals surface area (Å²) in [5.41, 5.74) is 0.859. The van der Waals surface area contributed by atoms with Crippen molar-refractivity contribution in [2.24, 2.45) is 5.92 Å². The standard InChI is InChI=1S/C21H31ClO4/c1-16(2)15-25-20(23)10-8-6-4-5-7-9-11-21(24)26-19-13-12-18(22)14-17(19)3/h12-14,16H,4-11,15H2,1-3H3. The first-order valence-corrected chi connectivity index (χ1v) is 9.88. The second-order valence-electron chi connectivity index (χ2n) is 7.08. The van der Waals surface area contributed by atoms with Gasteiger partial charge in [0.25, 0.3) is 0 Å². The summed E-state index contributed by atoms with van der Waals surface area (Å²) in [5.74, 6) is 0.653. The van der Waals surface area contributed by atoms with Gasteiger partial charge < -0.3 is 9.47 Å². The summed E-state index contributed by atoms with van der Waals surface area (Å²) in [6.07, 6.45) is 6.76. The first-order valence-electron chi connectivity index (χ1n) is 9.51. The van der Waals surface area contributed by atoms with E-state index in [1.165, 1.54) is 0 Å². The summed E-state index contributed by atoms with van der Waals surface area (Å²) in [4.78, 5) is 23.3. The third kappa shape index (κ3) is 10.4. The van der Waals surface area contributed by atoms with Crippen molar-refractivity contribution >= 4 is 23.5 Å². The molecule has 146 valence electrons. The number of rotatable bonds is 12. The Balaban J connectivity index is 2.01. The molecule has 1 aromatic carbocycles. The van der Waals surface area contributed by atoms with Crippen LogP contribution in [0.3, 0.4) is 0 Å². The van der Waals surface area contributed by atoms with Crippen LogP contribution in [0.25, 0.3) is 0 Å². The highest BCUT2D eigenvalue weighted by Gasteiger charge is 2.08. The van der Waals surface area contributed by atoms with Gasteiger partial charge in [-0.1, -0.05) is 51.1 Å². The SMILES string of the molecule is Cc1cc(Cl)ccc1OC(=O)CCCCCCCCC(=O)OCC(C)C. The summed E-state index contributed by atoms with van der Waals surface area (Å²) in [7, 11) is 0. The van der Waals surface area contributed by atoms with Gasteiger partial charge in [0, 0.05) is 17.9 Å². The Morgan fingerprint density at radius 2 is 1.54 bits per heavy atom. The minimum Gasteiger partial charge on any atom is -0.465 e. The molecule has 1 aromatic rings. The highest BCUT2D eigenvalue weighted by Crippen LogP contribution is 2.22. The van der Waals surface area contributed by atoms with Gasteiger partial charge in [-0.15, -0.1) is 0 Å². The topological polar surface area (TPSA) is 52.6 Å². The number of halogens is 1. The van der Waals surface area contributed by atoms with E-state index >= 15 is 0 Å². The minimum atomic E-state index is -0.205. The molecule has 0 aromatic heterocycles. The largest absolute Gasteiger partial charge is 0.465 e. The maximum atomic E-state index is 11.9. The number of aryl methyl sites for hydroxylation is 1. The molecule has 0 N–H and O–H groups in total. The molecule has 0 saturated heterocycles. The van der Waals surface area contributed by atoms with E-state index in [1.54, 1.807) is 18.2 Å². The molecular formula is C21H31ClO4. The zero-order valence-corrected chi connectivity index (χ0v) is 16.9. The molecule has 0 saturated carbocycles. The molecule has 0 radical (unpaired) electrons. The molecule has 0 aliphatic carbocycles. The molecule has 0 heterocycles. The van der Waals surface area contributed by atoms with Gasteiger partial charge in [-0.2, -0.15) is 0 Å². The third-order valence-electron chi connectivity index (χ3n) is 3.95. The Bertz CT molecular complexity index is 569. The number of hydrogen-bond donors (Lipinski definition) is 0. The second-order valence-corrected chi connectivity index (χ2v) is 7.52. The van der Waals surface area contributed by atoms with Crippen LogP contribution in [0.2, 0.25) is 5.02 Å². The van der Waals surface area contributed by atoms with E-state index < -0.39 is 0 Å². The van der Waals surface area contributed by atoms with Crippen LogP contribution in [0, 0.1) is 12.8 Å². The van der Waals surface area contributed by atoms with Crippen LogP contribution in [0.5, 0.6) is 5.75 Å². The number of benzene rings is 1. The Hall–Kier alpha value is -1.55. The third-order valence-corrected chi connectivity index (χ3v) is 4.19. The van der Waals surface area contributed by atoms with Crippen molar-refractivity contribution < 1.29 is 19.1 Å². The van der Waals surface area contributed by atoms with E-state index in [0.717, 1.165) is 44.1 Å². The monoisotopic (exact) mass is 382 g/mol. The lowest BCUT2D eigenvalue weighted by molar-refractivity contribution is -0.144. The lowest BCUT2D eigenvalue weighted by Crippen LogP contribution is -2.09. The Morgan fingerprint density at radius 1 is 0.962 bits per heavy atom. The molecule has 0 amide bonds. The summed E-state index contributed by atoms with van der Waals surface area (Å²) in [6, 6.07) is 5.22. The van der Waals surface area contributed by atoms with Gasteiger partial charge in [0.15, 0.2) is 0 Å². The van der Waals surface area contributed by atoms with Crippen molar-refractivity contribution in [3.63, 3.8) is 0 Å². The highest BCUT2D eigenvalue weighted by atomic mass is 35.5. The molecule has 26 heavy (non-hydrogen) atoms. The van der Waals surface area contributed by atoms with E-state index in [-0.39, 0.29) is 11.9 Å². The number of carbonyl (C=O) groups is 2. The van der Waals surface area contributed by atoms with E-state index in [2.05, 4.69) is 0 Å². The van der Waals surface area contributed by atoms with Gasteiger partial charge in [-0.25, -0.2) is 0 Å².